The average molecular weight is 659 g/mol. The van der Waals surface area contributed by atoms with Crippen LogP contribution in [0.4, 0.5) is 13.2 Å². The number of fused-ring (bicyclic) bond motifs is 1. The van der Waals surface area contributed by atoms with E-state index in [1.165, 1.54) is 36.7 Å². The van der Waals surface area contributed by atoms with Gasteiger partial charge < -0.3 is 5.11 Å². The molecule has 2 aromatic heterocycles. The molecule has 8 nitrogen and oxygen atoms in total. The summed E-state index contributed by atoms with van der Waals surface area (Å²) in [5, 5.41) is 27.2. The molecular formula is C33H18ClF3N4O4S. The number of hydrogen-bond donors (Lipinski definition) is 1. The Morgan fingerprint density at radius 1 is 0.913 bits per heavy atom. The Kier molecular flexibility index (Phi) is 7.81. The standard InChI is InChI=1S/C33H18ClF3N4O4S/c34-28-13-21(33(42)43)6-10-25(28)19-2-1-3-20(12-19)31-30(27-17-40-39-16-22(27)15-38)26-14-23(35)7-11-29(26)41(31)46(44,45)24-8-4-18(5-9-24)32(36)37/h1-14,16-17,32H,(H,42,43). The SMILES string of the molecule is N#Cc1cnncc1-c1c(-c2cccc(-c3ccc(C(=O)O)cc3Cl)c2)n(S(=O)(=O)c2ccc(C(F)F)cc2)c2ccc(F)cc12. The van der Waals surface area contributed by atoms with E-state index in [0.717, 1.165) is 40.4 Å². The van der Waals surface area contributed by atoms with E-state index in [0.29, 0.717) is 11.1 Å². The summed E-state index contributed by atoms with van der Waals surface area (Å²) < 4.78 is 71.3. The lowest BCUT2D eigenvalue weighted by molar-refractivity contribution is 0.0697. The number of aromatic nitrogens is 3. The molecule has 0 amide bonds. The van der Waals surface area contributed by atoms with Crippen LogP contribution in [0.15, 0.2) is 102 Å². The van der Waals surface area contributed by atoms with Crippen molar-refractivity contribution in [3.05, 3.63) is 125 Å². The minimum Gasteiger partial charge on any atom is -0.478 e. The van der Waals surface area contributed by atoms with Crippen molar-refractivity contribution >= 4 is 38.5 Å². The summed E-state index contributed by atoms with van der Waals surface area (Å²) in [4.78, 5) is 11.1. The third kappa shape index (κ3) is 5.25. The van der Waals surface area contributed by atoms with Gasteiger partial charge in [0.2, 0.25) is 0 Å². The van der Waals surface area contributed by atoms with Crippen LogP contribution >= 0.6 is 11.6 Å². The van der Waals surface area contributed by atoms with Crippen molar-refractivity contribution in [2.45, 2.75) is 11.3 Å². The predicted molar refractivity (Wildman–Crippen MR) is 164 cm³/mol. The molecule has 46 heavy (non-hydrogen) atoms. The quantitative estimate of drug-likeness (QED) is 0.184. The van der Waals surface area contributed by atoms with Gasteiger partial charge in [0.1, 0.15) is 11.9 Å². The lowest BCUT2D eigenvalue weighted by Crippen LogP contribution is -2.14. The van der Waals surface area contributed by atoms with E-state index >= 15 is 0 Å². The van der Waals surface area contributed by atoms with Crippen LogP contribution in [-0.2, 0) is 10.0 Å². The fourth-order valence-electron chi connectivity index (χ4n) is 5.24. The first kappa shape index (κ1) is 30.5. The molecule has 0 aliphatic carbocycles. The van der Waals surface area contributed by atoms with Gasteiger partial charge in [0.15, 0.2) is 0 Å². The Labute approximate surface area is 264 Å². The number of halogens is 4. The Hall–Kier alpha value is -5.51. The fraction of sp³-hybridized carbons (Fsp3) is 0.0303. The zero-order chi connectivity index (χ0) is 32.7. The monoisotopic (exact) mass is 658 g/mol. The highest BCUT2D eigenvalue weighted by Crippen LogP contribution is 2.45. The molecule has 0 spiro atoms. The Balaban J connectivity index is 1.72. The zero-order valence-electron chi connectivity index (χ0n) is 23.2. The molecule has 4 aromatic carbocycles. The molecule has 0 bridgehead atoms. The van der Waals surface area contributed by atoms with Crippen molar-refractivity contribution in [2.24, 2.45) is 0 Å². The summed E-state index contributed by atoms with van der Waals surface area (Å²) in [6, 6.07) is 20.3. The Morgan fingerprint density at radius 2 is 1.63 bits per heavy atom. The maximum Gasteiger partial charge on any atom is 0.335 e. The second-order valence-corrected chi connectivity index (χ2v) is 12.2. The zero-order valence-corrected chi connectivity index (χ0v) is 24.8. The van der Waals surface area contributed by atoms with Crippen molar-refractivity contribution < 1.29 is 31.5 Å². The number of carboxylic acids is 1. The molecule has 1 N–H and O–H groups in total. The molecule has 0 aliphatic heterocycles. The second-order valence-electron chi connectivity index (χ2n) is 10.0. The molecule has 0 saturated heterocycles. The number of benzene rings is 4. The molecule has 13 heteroatoms. The molecule has 0 saturated carbocycles. The molecule has 228 valence electrons. The maximum atomic E-state index is 14.8. The first-order valence-electron chi connectivity index (χ1n) is 13.3. The highest BCUT2D eigenvalue weighted by atomic mass is 35.5. The predicted octanol–water partition coefficient (Wildman–Crippen LogP) is 7.97. The van der Waals surface area contributed by atoms with E-state index in [-0.39, 0.29) is 59.9 Å². The van der Waals surface area contributed by atoms with E-state index < -0.39 is 28.2 Å². The molecule has 2 heterocycles. The second kappa shape index (κ2) is 11.8. The number of hydrogen-bond acceptors (Lipinski definition) is 6. The van der Waals surface area contributed by atoms with Gasteiger partial charge in [0.25, 0.3) is 16.4 Å². The van der Waals surface area contributed by atoms with Crippen molar-refractivity contribution in [1.29, 1.82) is 5.26 Å². The fourth-order valence-corrected chi connectivity index (χ4v) is 7.07. The van der Waals surface area contributed by atoms with E-state index in [1.807, 2.05) is 6.07 Å². The van der Waals surface area contributed by atoms with Gasteiger partial charge in [0, 0.05) is 38.2 Å². The van der Waals surface area contributed by atoms with Crippen molar-refractivity contribution in [1.82, 2.24) is 14.2 Å². The normalized spacial score (nSPS) is 11.6. The largest absolute Gasteiger partial charge is 0.478 e. The van der Waals surface area contributed by atoms with Gasteiger partial charge in [-0.1, -0.05) is 48.0 Å². The lowest BCUT2D eigenvalue weighted by atomic mass is 9.95. The van der Waals surface area contributed by atoms with Crippen LogP contribution in [0.3, 0.4) is 0 Å². The first-order chi connectivity index (χ1) is 22.0. The van der Waals surface area contributed by atoms with Crippen molar-refractivity contribution in [3.63, 3.8) is 0 Å². The van der Waals surface area contributed by atoms with Gasteiger partial charge in [-0.2, -0.15) is 15.5 Å². The molecular weight excluding hydrogens is 641 g/mol. The van der Waals surface area contributed by atoms with Crippen LogP contribution in [0.2, 0.25) is 5.02 Å². The van der Waals surface area contributed by atoms with E-state index in [2.05, 4.69) is 10.2 Å². The average Bonchev–Trinajstić information content (AvgIpc) is 3.39. The van der Waals surface area contributed by atoms with Gasteiger partial charge in [-0.3, -0.25) is 0 Å². The summed E-state index contributed by atoms with van der Waals surface area (Å²) in [6.07, 6.45) is -0.363. The highest BCUT2D eigenvalue weighted by Gasteiger charge is 2.30. The number of carboxylic acid groups (broad SMARTS) is 1. The van der Waals surface area contributed by atoms with Crippen LogP contribution in [0.1, 0.15) is 27.9 Å². The summed E-state index contributed by atoms with van der Waals surface area (Å²) in [6.45, 7) is 0. The smallest absolute Gasteiger partial charge is 0.335 e. The van der Waals surface area contributed by atoms with Crippen molar-refractivity contribution in [3.8, 4) is 39.6 Å². The highest BCUT2D eigenvalue weighted by molar-refractivity contribution is 7.90. The molecule has 0 aliphatic rings. The molecule has 0 atom stereocenters. The van der Waals surface area contributed by atoms with Crippen LogP contribution in [0.25, 0.3) is 44.4 Å². The molecule has 6 rings (SSSR count). The van der Waals surface area contributed by atoms with Gasteiger partial charge in [-0.05, 0) is 54.1 Å². The van der Waals surface area contributed by atoms with Gasteiger partial charge in [-0.25, -0.2) is 30.4 Å². The summed E-state index contributed by atoms with van der Waals surface area (Å²) in [5.74, 6) is -1.86. The molecule has 0 radical (unpaired) electrons. The number of alkyl halides is 2. The Morgan fingerprint density at radius 3 is 2.30 bits per heavy atom. The summed E-state index contributed by atoms with van der Waals surface area (Å²) in [5.41, 5.74) is 1.21. The van der Waals surface area contributed by atoms with Crippen molar-refractivity contribution in [2.75, 3.05) is 0 Å². The number of nitrogens with zero attached hydrogens (tertiary/aromatic N) is 4. The molecule has 0 unspecified atom stereocenters. The molecule has 6 aromatic rings. The van der Waals surface area contributed by atoms with Crippen LogP contribution < -0.4 is 0 Å². The number of nitriles is 1. The van der Waals surface area contributed by atoms with E-state index in [4.69, 9.17) is 11.6 Å². The third-order valence-electron chi connectivity index (χ3n) is 7.34. The van der Waals surface area contributed by atoms with Crippen LogP contribution in [-0.4, -0.2) is 33.7 Å². The van der Waals surface area contributed by atoms with Gasteiger partial charge in [-0.15, -0.1) is 0 Å². The van der Waals surface area contributed by atoms with E-state index in [1.54, 1.807) is 24.3 Å². The summed E-state index contributed by atoms with van der Waals surface area (Å²) >= 11 is 6.46. The van der Waals surface area contributed by atoms with Crippen LogP contribution in [0.5, 0.6) is 0 Å². The lowest BCUT2D eigenvalue weighted by Gasteiger charge is -2.16. The van der Waals surface area contributed by atoms with Gasteiger partial charge in [0.05, 0.1) is 39.6 Å². The Bertz CT molecular complexity index is 2340. The minimum atomic E-state index is -4.57. The number of rotatable bonds is 7. The van der Waals surface area contributed by atoms with Crippen LogP contribution in [0, 0.1) is 17.1 Å². The topological polar surface area (TPSA) is 126 Å². The molecule has 0 fully saturated rings. The number of aromatic carboxylic acids is 1. The number of carbonyl (C=O) groups is 1. The third-order valence-corrected chi connectivity index (χ3v) is 9.38. The van der Waals surface area contributed by atoms with Gasteiger partial charge >= 0.3 is 5.97 Å². The maximum absolute atomic E-state index is 14.8. The summed E-state index contributed by atoms with van der Waals surface area (Å²) in [7, 11) is -4.57. The minimum absolute atomic E-state index is 0.0168. The first-order valence-corrected chi connectivity index (χ1v) is 15.2. The van der Waals surface area contributed by atoms with E-state index in [9.17, 15) is 36.8 Å².